The molecular weight excluding hydrogens is 420 g/mol. The topological polar surface area (TPSA) is 93.2 Å². The summed E-state index contributed by atoms with van der Waals surface area (Å²) in [6.07, 6.45) is 0.797. The molecule has 0 aromatic heterocycles. The van der Waals surface area contributed by atoms with Gasteiger partial charge >= 0.3 is 12.1 Å². The molecule has 0 saturated carbocycles. The molecule has 0 N–H and O–H groups in total. The highest BCUT2D eigenvalue weighted by molar-refractivity contribution is 7.89. The van der Waals surface area contributed by atoms with Gasteiger partial charge in [0.15, 0.2) is 6.04 Å². The van der Waals surface area contributed by atoms with Crippen molar-refractivity contribution in [1.29, 1.82) is 0 Å². The number of nitrogens with zero attached hydrogens (tertiary/aromatic N) is 2. The lowest BCUT2D eigenvalue weighted by molar-refractivity contribution is -0.145. The van der Waals surface area contributed by atoms with Gasteiger partial charge in [-0.1, -0.05) is 42.5 Å². The van der Waals surface area contributed by atoms with Crippen LogP contribution in [-0.4, -0.2) is 74.3 Å². The first-order chi connectivity index (χ1) is 14.9. The van der Waals surface area contributed by atoms with Crippen molar-refractivity contribution in [3.05, 3.63) is 48.0 Å². The van der Waals surface area contributed by atoms with E-state index in [1.807, 2.05) is 42.5 Å². The number of cyclic esters (lactones) is 1. The minimum absolute atomic E-state index is 0.0300. The number of esters is 1. The monoisotopic (exact) mass is 446 g/mol. The molecule has 1 unspecified atom stereocenters. The Kier molecular flexibility index (Phi) is 6.15. The fourth-order valence-electron chi connectivity index (χ4n) is 4.43. The Morgan fingerprint density at radius 1 is 1.13 bits per heavy atom. The number of fused-ring (bicyclic) bond motifs is 1. The van der Waals surface area contributed by atoms with Crippen LogP contribution in [0.25, 0.3) is 10.8 Å². The number of benzene rings is 2. The fraction of sp³-hybridized carbons (Fsp3) is 0.455. The second kappa shape index (κ2) is 8.84. The number of ether oxygens (including phenoxy) is 2. The lowest BCUT2D eigenvalue weighted by atomic mass is 10.0. The number of carbonyl (C=O) groups is 2. The van der Waals surface area contributed by atoms with Crippen LogP contribution in [0.4, 0.5) is 4.79 Å². The van der Waals surface area contributed by atoms with E-state index < -0.39 is 28.1 Å². The van der Waals surface area contributed by atoms with Crippen LogP contribution < -0.4 is 0 Å². The summed E-state index contributed by atoms with van der Waals surface area (Å²) in [5.41, 5.74) is 1.01. The third-order valence-electron chi connectivity index (χ3n) is 6.10. The van der Waals surface area contributed by atoms with E-state index in [0.717, 1.165) is 16.3 Å². The maximum Gasteiger partial charge on any atom is 0.410 e. The number of sulfonamides is 1. The Labute approximate surface area is 181 Å². The van der Waals surface area contributed by atoms with Crippen molar-refractivity contribution in [3.8, 4) is 0 Å². The SMILES string of the molecule is COC(=O)C1COC(=O)N1C1CCN(S(=O)(=O)CCc2cccc3ccccc23)CC1. The minimum Gasteiger partial charge on any atom is -0.467 e. The van der Waals surface area contributed by atoms with E-state index >= 15 is 0 Å². The summed E-state index contributed by atoms with van der Waals surface area (Å²) in [5.74, 6) is -0.488. The van der Waals surface area contributed by atoms with Gasteiger partial charge in [-0.05, 0) is 35.6 Å². The van der Waals surface area contributed by atoms with E-state index in [-0.39, 0.29) is 18.4 Å². The molecule has 0 bridgehead atoms. The van der Waals surface area contributed by atoms with Gasteiger partial charge < -0.3 is 9.47 Å². The van der Waals surface area contributed by atoms with Crippen LogP contribution in [0.2, 0.25) is 0 Å². The standard InChI is InChI=1S/C22H26N2O6S/c1-29-21(25)20-15-30-22(26)24(20)18-9-12-23(13-10-18)31(27,28)14-11-17-7-4-6-16-5-2-3-8-19(16)17/h2-8,18,20H,9-15H2,1H3. The number of amides is 1. The lowest BCUT2D eigenvalue weighted by Gasteiger charge is -2.36. The summed E-state index contributed by atoms with van der Waals surface area (Å²) in [6, 6.07) is 12.9. The van der Waals surface area contributed by atoms with Crippen LogP contribution in [0, 0.1) is 0 Å². The van der Waals surface area contributed by atoms with Crippen molar-refractivity contribution in [2.45, 2.75) is 31.3 Å². The first-order valence-corrected chi connectivity index (χ1v) is 12.0. The summed E-state index contributed by atoms with van der Waals surface area (Å²) in [4.78, 5) is 25.5. The van der Waals surface area contributed by atoms with Gasteiger partial charge in [0.05, 0.1) is 12.9 Å². The van der Waals surface area contributed by atoms with E-state index in [9.17, 15) is 18.0 Å². The molecule has 8 nitrogen and oxygen atoms in total. The molecule has 166 valence electrons. The van der Waals surface area contributed by atoms with Gasteiger partial charge in [0.2, 0.25) is 10.0 Å². The molecule has 2 aromatic carbocycles. The van der Waals surface area contributed by atoms with Gasteiger partial charge in [0.1, 0.15) is 6.61 Å². The average molecular weight is 447 g/mol. The Hall–Kier alpha value is -2.65. The summed E-state index contributed by atoms with van der Waals surface area (Å²) in [5, 5.41) is 2.16. The zero-order valence-electron chi connectivity index (χ0n) is 17.4. The van der Waals surface area contributed by atoms with Gasteiger partial charge in [0, 0.05) is 19.1 Å². The van der Waals surface area contributed by atoms with E-state index in [1.165, 1.54) is 16.3 Å². The Morgan fingerprint density at radius 3 is 2.58 bits per heavy atom. The van der Waals surface area contributed by atoms with Crippen molar-refractivity contribution in [3.63, 3.8) is 0 Å². The van der Waals surface area contributed by atoms with Crippen LogP contribution >= 0.6 is 0 Å². The van der Waals surface area contributed by atoms with Crippen LogP contribution in [0.1, 0.15) is 18.4 Å². The highest BCUT2D eigenvalue weighted by Gasteiger charge is 2.44. The highest BCUT2D eigenvalue weighted by Crippen LogP contribution is 2.26. The lowest BCUT2D eigenvalue weighted by Crippen LogP contribution is -2.52. The smallest absolute Gasteiger partial charge is 0.410 e. The third kappa shape index (κ3) is 4.38. The molecule has 1 amide bonds. The van der Waals surface area contributed by atoms with E-state index in [4.69, 9.17) is 9.47 Å². The molecule has 31 heavy (non-hydrogen) atoms. The van der Waals surface area contributed by atoms with Gasteiger partial charge in [-0.15, -0.1) is 0 Å². The predicted molar refractivity (Wildman–Crippen MR) is 115 cm³/mol. The molecule has 2 fully saturated rings. The fourth-order valence-corrected chi connectivity index (χ4v) is 5.93. The maximum atomic E-state index is 13.0. The molecule has 2 heterocycles. The maximum absolute atomic E-state index is 13.0. The first kappa shape index (κ1) is 21.6. The molecule has 2 saturated heterocycles. The molecule has 0 radical (unpaired) electrons. The largest absolute Gasteiger partial charge is 0.467 e. The van der Waals surface area contributed by atoms with Crippen molar-refractivity contribution in [2.24, 2.45) is 0 Å². The van der Waals surface area contributed by atoms with Crippen molar-refractivity contribution in [2.75, 3.05) is 32.6 Å². The molecule has 9 heteroatoms. The molecular formula is C22H26N2O6S. The van der Waals surface area contributed by atoms with E-state index in [0.29, 0.717) is 32.4 Å². The van der Waals surface area contributed by atoms with Gasteiger partial charge in [-0.3, -0.25) is 4.90 Å². The minimum atomic E-state index is -3.44. The van der Waals surface area contributed by atoms with Crippen molar-refractivity contribution < 1.29 is 27.5 Å². The molecule has 2 aliphatic heterocycles. The van der Waals surface area contributed by atoms with Crippen LogP contribution in [0.5, 0.6) is 0 Å². The van der Waals surface area contributed by atoms with Gasteiger partial charge in [-0.25, -0.2) is 22.3 Å². The second-order valence-electron chi connectivity index (χ2n) is 7.86. The van der Waals surface area contributed by atoms with Crippen LogP contribution in [0.3, 0.4) is 0 Å². The van der Waals surface area contributed by atoms with Crippen LogP contribution in [0.15, 0.2) is 42.5 Å². The van der Waals surface area contributed by atoms with Crippen molar-refractivity contribution >= 4 is 32.9 Å². The zero-order chi connectivity index (χ0) is 22.0. The van der Waals surface area contributed by atoms with Gasteiger partial charge in [0.25, 0.3) is 0 Å². The predicted octanol–water partition coefficient (Wildman–Crippen LogP) is 2.17. The number of rotatable bonds is 6. The highest BCUT2D eigenvalue weighted by atomic mass is 32.2. The molecule has 0 aliphatic carbocycles. The number of hydrogen-bond acceptors (Lipinski definition) is 6. The number of carbonyl (C=O) groups excluding carboxylic acids is 2. The number of methoxy groups -OCH3 is 1. The molecule has 2 aromatic rings. The number of piperidine rings is 1. The number of aryl methyl sites for hydroxylation is 1. The van der Waals surface area contributed by atoms with E-state index in [2.05, 4.69) is 0 Å². The molecule has 1 atom stereocenters. The summed E-state index contributed by atoms with van der Waals surface area (Å²) < 4.78 is 37.2. The summed E-state index contributed by atoms with van der Waals surface area (Å²) >= 11 is 0. The average Bonchev–Trinajstić information content (AvgIpc) is 3.18. The van der Waals surface area contributed by atoms with Gasteiger partial charge in [-0.2, -0.15) is 0 Å². The van der Waals surface area contributed by atoms with Crippen molar-refractivity contribution in [1.82, 2.24) is 9.21 Å². The summed E-state index contributed by atoms with van der Waals surface area (Å²) in [6.45, 7) is 0.579. The Morgan fingerprint density at radius 2 is 1.84 bits per heavy atom. The Bertz CT molecular complexity index is 1070. The zero-order valence-corrected chi connectivity index (χ0v) is 18.2. The molecule has 2 aliphatic rings. The normalized spacial score (nSPS) is 20.7. The Balaban J connectivity index is 1.39. The van der Waals surface area contributed by atoms with Crippen LogP contribution in [-0.2, 0) is 30.7 Å². The van der Waals surface area contributed by atoms with E-state index in [1.54, 1.807) is 0 Å². The molecule has 0 spiro atoms. The quantitative estimate of drug-likeness (QED) is 0.632. The number of hydrogen-bond donors (Lipinski definition) is 0. The third-order valence-corrected chi connectivity index (χ3v) is 7.98. The molecule has 4 rings (SSSR count). The first-order valence-electron chi connectivity index (χ1n) is 10.4. The summed E-state index contributed by atoms with van der Waals surface area (Å²) in [7, 11) is -2.17. The second-order valence-corrected chi connectivity index (χ2v) is 9.95.